The molecule has 0 radical (unpaired) electrons. The quantitative estimate of drug-likeness (QED) is 0.791. The Morgan fingerprint density at radius 1 is 1.39 bits per heavy atom. The molecule has 2 aliphatic rings. The molecule has 126 valence electrons. The molecule has 4 atom stereocenters. The molecule has 7 nitrogen and oxygen atoms in total. The second kappa shape index (κ2) is 6.20. The zero-order chi connectivity index (χ0) is 16.6. The number of primary sulfonamides is 1. The van der Waals surface area contributed by atoms with Gasteiger partial charge in [0.1, 0.15) is 0 Å². The van der Waals surface area contributed by atoms with Crippen LogP contribution in [0.4, 0.5) is 0 Å². The van der Waals surface area contributed by atoms with E-state index in [0.717, 1.165) is 6.42 Å². The van der Waals surface area contributed by atoms with E-state index in [1.54, 1.807) is 7.11 Å². The van der Waals surface area contributed by atoms with Gasteiger partial charge in [-0.25, -0.2) is 13.6 Å². The topological polar surface area (TPSA) is 108 Å². The van der Waals surface area contributed by atoms with Crippen molar-refractivity contribution in [2.45, 2.75) is 23.5 Å². The lowest BCUT2D eigenvalue weighted by molar-refractivity contribution is -0.0809. The lowest BCUT2D eigenvalue weighted by atomic mass is 9.67. The Hall–Kier alpha value is -1.48. The number of rotatable bonds is 5. The van der Waals surface area contributed by atoms with Gasteiger partial charge in [-0.05, 0) is 30.7 Å². The number of hydrogen-bond donors (Lipinski definition) is 2. The number of hydrogen-bond acceptors (Lipinski definition) is 5. The van der Waals surface area contributed by atoms with Crippen molar-refractivity contribution in [3.63, 3.8) is 0 Å². The summed E-state index contributed by atoms with van der Waals surface area (Å²) in [6.07, 6.45) is 1.09. The van der Waals surface area contributed by atoms with Gasteiger partial charge in [0.05, 0.1) is 17.6 Å². The highest BCUT2D eigenvalue weighted by atomic mass is 32.2. The molecule has 1 saturated carbocycles. The van der Waals surface area contributed by atoms with Gasteiger partial charge in [0.15, 0.2) is 0 Å². The van der Waals surface area contributed by atoms with Crippen LogP contribution in [0.15, 0.2) is 29.2 Å². The van der Waals surface area contributed by atoms with E-state index in [-0.39, 0.29) is 28.9 Å². The first-order valence-electron chi connectivity index (χ1n) is 7.46. The predicted octanol–water partition coefficient (Wildman–Crippen LogP) is 0.114. The molecule has 1 aliphatic heterocycles. The lowest BCUT2D eigenvalue weighted by Gasteiger charge is -2.47. The van der Waals surface area contributed by atoms with Gasteiger partial charge < -0.3 is 14.8 Å². The fourth-order valence-electron chi connectivity index (χ4n) is 3.47. The van der Waals surface area contributed by atoms with Crippen LogP contribution in [0.5, 0.6) is 0 Å². The third kappa shape index (κ3) is 3.12. The highest BCUT2D eigenvalue weighted by molar-refractivity contribution is 7.89. The molecule has 0 unspecified atom stereocenters. The van der Waals surface area contributed by atoms with E-state index in [1.165, 1.54) is 24.3 Å². The number of sulfonamides is 1. The monoisotopic (exact) mass is 340 g/mol. The normalized spacial score (nSPS) is 29.7. The average Bonchev–Trinajstić information content (AvgIpc) is 2.94. The predicted molar refractivity (Wildman–Crippen MR) is 82.3 cm³/mol. The Morgan fingerprint density at radius 2 is 2.09 bits per heavy atom. The van der Waals surface area contributed by atoms with Gasteiger partial charge in [-0.15, -0.1) is 0 Å². The van der Waals surface area contributed by atoms with Crippen molar-refractivity contribution < 1.29 is 22.7 Å². The van der Waals surface area contributed by atoms with Crippen LogP contribution in [0.1, 0.15) is 16.8 Å². The number of nitrogens with one attached hydrogen (secondary N) is 1. The summed E-state index contributed by atoms with van der Waals surface area (Å²) in [6.45, 7) is 1.25. The highest BCUT2D eigenvalue weighted by Gasteiger charge is 2.54. The van der Waals surface area contributed by atoms with Crippen LogP contribution >= 0.6 is 0 Å². The summed E-state index contributed by atoms with van der Waals surface area (Å²) in [4.78, 5) is 12.4. The summed E-state index contributed by atoms with van der Waals surface area (Å²) in [6, 6.07) is 5.61. The molecule has 0 spiro atoms. The Balaban J connectivity index is 1.69. The minimum Gasteiger partial charge on any atom is -0.384 e. The molecular formula is C15H20N2O5S. The number of carbonyl (C=O) groups excluding carboxylic acids is 1. The summed E-state index contributed by atoms with van der Waals surface area (Å²) in [5.41, 5.74) is 0.399. The Kier molecular flexibility index (Phi) is 4.41. The van der Waals surface area contributed by atoms with Crippen molar-refractivity contribution >= 4 is 15.9 Å². The first kappa shape index (κ1) is 16.4. The summed E-state index contributed by atoms with van der Waals surface area (Å²) in [7, 11) is -2.12. The van der Waals surface area contributed by atoms with Crippen molar-refractivity contribution in [1.29, 1.82) is 0 Å². The van der Waals surface area contributed by atoms with E-state index in [1.807, 2.05) is 0 Å². The first-order chi connectivity index (χ1) is 10.9. The van der Waals surface area contributed by atoms with Gasteiger partial charge in [-0.3, -0.25) is 4.79 Å². The fourth-order valence-corrected chi connectivity index (χ4v) is 3.98. The molecule has 1 aromatic rings. The van der Waals surface area contributed by atoms with E-state index in [4.69, 9.17) is 14.6 Å². The molecule has 0 aromatic heterocycles. The molecule has 0 bridgehead atoms. The van der Waals surface area contributed by atoms with Gasteiger partial charge in [-0.2, -0.15) is 0 Å². The largest absolute Gasteiger partial charge is 0.384 e. The number of benzene rings is 1. The van der Waals surface area contributed by atoms with E-state index < -0.39 is 10.0 Å². The zero-order valence-electron chi connectivity index (χ0n) is 12.8. The molecule has 3 rings (SSSR count). The maximum Gasteiger partial charge on any atom is 0.251 e. The van der Waals surface area contributed by atoms with E-state index in [0.29, 0.717) is 24.7 Å². The molecule has 1 amide bonds. The summed E-state index contributed by atoms with van der Waals surface area (Å²) in [5, 5.41) is 8.07. The second-order valence-electron chi connectivity index (χ2n) is 5.98. The van der Waals surface area contributed by atoms with Crippen molar-refractivity contribution in [2.24, 2.45) is 17.0 Å². The first-order valence-corrected chi connectivity index (χ1v) is 9.00. The van der Waals surface area contributed by atoms with Gasteiger partial charge in [0.2, 0.25) is 10.0 Å². The third-order valence-corrected chi connectivity index (χ3v) is 5.56. The van der Waals surface area contributed by atoms with Crippen LogP contribution in [0.3, 0.4) is 0 Å². The third-order valence-electron chi connectivity index (χ3n) is 4.63. The molecule has 1 saturated heterocycles. The van der Waals surface area contributed by atoms with Crippen LogP contribution in [0.2, 0.25) is 0 Å². The Bertz CT molecular complexity index is 688. The number of nitrogens with two attached hydrogens (primary N) is 1. The zero-order valence-corrected chi connectivity index (χ0v) is 13.6. The summed E-state index contributed by atoms with van der Waals surface area (Å²) in [5.74, 6) is 0.241. The van der Waals surface area contributed by atoms with Crippen molar-refractivity contribution in [1.82, 2.24) is 5.32 Å². The number of methoxy groups -OCH3 is 1. The number of carbonyl (C=O) groups is 1. The van der Waals surface area contributed by atoms with Crippen LogP contribution in [-0.4, -0.2) is 46.8 Å². The number of ether oxygens (including phenoxy) is 2. The Labute approximate surface area is 135 Å². The maximum absolute atomic E-state index is 12.4. The molecule has 2 fully saturated rings. The van der Waals surface area contributed by atoms with Crippen LogP contribution < -0.4 is 10.5 Å². The van der Waals surface area contributed by atoms with Gasteiger partial charge >= 0.3 is 0 Å². The minimum absolute atomic E-state index is 0.0146. The van der Waals surface area contributed by atoms with Crippen LogP contribution in [0, 0.1) is 11.8 Å². The Morgan fingerprint density at radius 3 is 2.70 bits per heavy atom. The van der Waals surface area contributed by atoms with E-state index >= 15 is 0 Å². The summed E-state index contributed by atoms with van der Waals surface area (Å²) < 4.78 is 33.4. The van der Waals surface area contributed by atoms with Crippen molar-refractivity contribution in [3.05, 3.63) is 29.8 Å². The van der Waals surface area contributed by atoms with E-state index in [9.17, 15) is 13.2 Å². The summed E-state index contributed by atoms with van der Waals surface area (Å²) >= 11 is 0. The molecule has 1 aromatic carbocycles. The molecule has 1 heterocycles. The van der Waals surface area contributed by atoms with Crippen LogP contribution in [0.25, 0.3) is 0 Å². The molecule has 3 N–H and O–H groups in total. The SMILES string of the molecule is COC[C@H]1[C@@H](NC(=O)c2ccc(S(N)(=O)=O)cc2)[C@H]2CCO[C@H]21. The molecule has 23 heavy (non-hydrogen) atoms. The number of fused-ring (bicyclic) bond motifs is 1. The van der Waals surface area contributed by atoms with Gasteiger partial charge in [-0.1, -0.05) is 0 Å². The molecule has 8 heteroatoms. The van der Waals surface area contributed by atoms with E-state index in [2.05, 4.69) is 5.32 Å². The smallest absolute Gasteiger partial charge is 0.251 e. The van der Waals surface area contributed by atoms with Gasteiger partial charge in [0, 0.05) is 37.2 Å². The molecule has 1 aliphatic carbocycles. The van der Waals surface area contributed by atoms with Crippen LogP contribution in [-0.2, 0) is 19.5 Å². The standard InChI is InChI=1S/C15H20N2O5S/c1-21-8-12-13(11-6-7-22-14(11)12)17-15(18)9-2-4-10(5-3-9)23(16,19)20/h2-5,11-14H,6-8H2,1H3,(H,17,18)(H2,16,19,20)/t11-,12+,13+,14-/m1/s1. The highest BCUT2D eigenvalue weighted by Crippen LogP contribution is 2.43. The molecular weight excluding hydrogens is 320 g/mol. The lowest BCUT2D eigenvalue weighted by Crippen LogP contribution is -2.62. The van der Waals surface area contributed by atoms with Crippen molar-refractivity contribution in [2.75, 3.05) is 20.3 Å². The van der Waals surface area contributed by atoms with Crippen molar-refractivity contribution in [3.8, 4) is 0 Å². The maximum atomic E-state index is 12.4. The fraction of sp³-hybridized carbons (Fsp3) is 0.533. The second-order valence-corrected chi connectivity index (χ2v) is 7.54. The number of amides is 1. The minimum atomic E-state index is -3.75. The average molecular weight is 340 g/mol. The van der Waals surface area contributed by atoms with Gasteiger partial charge in [0.25, 0.3) is 5.91 Å².